The average Bonchev–Trinajstić information content (AvgIpc) is 3.07. The molecule has 0 radical (unpaired) electrons. The molecule has 0 aliphatic carbocycles. The molecule has 182 valence electrons. The van der Waals surface area contributed by atoms with Crippen LogP contribution in [0.25, 0.3) is 5.76 Å². The molecule has 0 unspecified atom stereocenters. The predicted octanol–water partition coefficient (Wildman–Crippen LogP) is 3.39. The summed E-state index contributed by atoms with van der Waals surface area (Å²) in [5, 5.41) is 11.4. The molecule has 3 rings (SSSR count). The number of nitrogens with zero attached hydrogens (tertiary/aromatic N) is 2. The van der Waals surface area contributed by atoms with Gasteiger partial charge in [0.2, 0.25) is 0 Å². The largest absolute Gasteiger partial charge is 0.507 e. The minimum atomic E-state index is -0.825. The highest BCUT2D eigenvalue weighted by molar-refractivity contribution is 6.46. The van der Waals surface area contributed by atoms with Crippen molar-refractivity contribution in [3.05, 3.63) is 58.7 Å². The molecule has 1 aliphatic heterocycles. The van der Waals surface area contributed by atoms with Gasteiger partial charge in [0.1, 0.15) is 11.5 Å². The molecule has 1 atom stereocenters. The molecular weight excluding hydrogens is 436 g/mol. The Morgan fingerprint density at radius 2 is 1.79 bits per heavy atom. The summed E-state index contributed by atoms with van der Waals surface area (Å²) < 4.78 is 16.3. The first-order valence-electron chi connectivity index (χ1n) is 11.0. The number of rotatable bonds is 9. The molecule has 0 aromatic heterocycles. The number of aliphatic hydroxyl groups excluding tert-OH is 1. The molecular formula is C26H32N2O6. The van der Waals surface area contributed by atoms with Gasteiger partial charge >= 0.3 is 0 Å². The fourth-order valence-electron chi connectivity index (χ4n) is 4.29. The second-order valence-corrected chi connectivity index (χ2v) is 8.41. The number of carbonyl (C=O) groups is 2. The number of aliphatic hydroxyl groups is 1. The van der Waals surface area contributed by atoms with Gasteiger partial charge in [0.25, 0.3) is 11.7 Å². The molecule has 0 bridgehead atoms. The zero-order valence-corrected chi connectivity index (χ0v) is 20.5. The van der Waals surface area contributed by atoms with Crippen molar-refractivity contribution in [2.24, 2.45) is 0 Å². The highest BCUT2D eigenvalue weighted by atomic mass is 16.5. The molecule has 1 amide bonds. The zero-order valence-electron chi connectivity index (χ0n) is 20.5. The number of ketones is 1. The number of likely N-dealkylation sites (tertiary alicyclic amines) is 1. The van der Waals surface area contributed by atoms with E-state index in [-0.39, 0.29) is 11.3 Å². The minimum Gasteiger partial charge on any atom is -0.507 e. The van der Waals surface area contributed by atoms with Crippen LogP contribution in [-0.2, 0) is 9.59 Å². The van der Waals surface area contributed by atoms with E-state index in [2.05, 4.69) is 0 Å². The van der Waals surface area contributed by atoms with Crippen LogP contribution in [0.5, 0.6) is 17.2 Å². The Morgan fingerprint density at radius 1 is 1.06 bits per heavy atom. The maximum Gasteiger partial charge on any atom is 0.295 e. The fraction of sp³-hybridized carbons (Fsp3) is 0.385. The molecule has 1 heterocycles. The van der Waals surface area contributed by atoms with Gasteiger partial charge < -0.3 is 29.1 Å². The molecule has 8 heteroatoms. The smallest absolute Gasteiger partial charge is 0.295 e. The summed E-state index contributed by atoms with van der Waals surface area (Å²) >= 11 is 0. The Kier molecular flexibility index (Phi) is 7.83. The molecule has 0 saturated carbocycles. The summed E-state index contributed by atoms with van der Waals surface area (Å²) in [4.78, 5) is 30.0. The third-order valence-corrected chi connectivity index (χ3v) is 5.96. The molecule has 2 aromatic rings. The van der Waals surface area contributed by atoms with Crippen molar-refractivity contribution in [2.75, 3.05) is 48.5 Å². The van der Waals surface area contributed by atoms with Gasteiger partial charge in [0.05, 0.1) is 32.9 Å². The lowest BCUT2D eigenvalue weighted by atomic mass is 9.93. The zero-order chi connectivity index (χ0) is 25.0. The maximum atomic E-state index is 13.3. The standard InChI is InChI=1S/C26H32N2O6/c1-16-15-17(32-4)11-12-18(16)23(29)21-22(19-9-7-10-20(33-5)25(19)34-6)28(26(31)24(21)30)14-8-13-27(2)3/h7,9-12,15,22,29H,8,13-14H2,1-6H3/b23-21+/t22-/m1/s1. The van der Waals surface area contributed by atoms with Gasteiger partial charge in [-0.1, -0.05) is 12.1 Å². The summed E-state index contributed by atoms with van der Waals surface area (Å²) in [7, 11) is 8.48. The monoisotopic (exact) mass is 468 g/mol. The van der Waals surface area contributed by atoms with E-state index >= 15 is 0 Å². The molecule has 34 heavy (non-hydrogen) atoms. The van der Waals surface area contributed by atoms with Crippen molar-refractivity contribution in [3.63, 3.8) is 0 Å². The van der Waals surface area contributed by atoms with Crippen LogP contribution in [0.2, 0.25) is 0 Å². The van der Waals surface area contributed by atoms with Crippen molar-refractivity contribution < 1.29 is 28.9 Å². The molecule has 2 aromatic carbocycles. The Morgan fingerprint density at radius 3 is 2.38 bits per heavy atom. The summed E-state index contributed by atoms with van der Waals surface area (Å²) in [6.45, 7) is 2.89. The lowest BCUT2D eigenvalue weighted by Gasteiger charge is -2.27. The highest BCUT2D eigenvalue weighted by Gasteiger charge is 2.47. The van der Waals surface area contributed by atoms with E-state index in [1.165, 1.54) is 19.1 Å². The number of hydrogen-bond donors (Lipinski definition) is 1. The molecule has 0 spiro atoms. The van der Waals surface area contributed by atoms with Crippen LogP contribution in [0.3, 0.4) is 0 Å². The third kappa shape index (κ3) is 4.72. The predicted molar refractivity (Wildman–Crippen MR) is 129 cm³/mol. The minimum absolute atomic E-state index is 0.0228. The quantitative estimate of drug-likeness (QED) is 0.343. The van der Waals surface area contributed by atoms with E-state index in [0.29, 0.717) is 46.9 Å². The van der Waals surface area contributed by atoms with E-state index in [1.807, 2.05) is 25.9 Å². The second kappa shape index (κ2) is 10.6. The number of Topliss-reactive ketones (excluding diaryl/α,β-unsaturated/α-hetero) is 1. The Labute approximate surface area is 200 Å². The van der Waals surface area contributed by atoms with Crippen LogP contribution in [0.1, 0.15) is 29.2 Å². The van der Waals surface area contributed by atoms with Gasteiger partial charge in [-0.3, -0.25) is 9.59 Å². The Bertz CT molecular complexity index is 1110. The number of benzene rings is 2. The third-order valence-electron chi connectivity index (χ3n) is 5.96. The first-order chi connectivity index (χ1) is 16.2. The highest BCUT2D eigenvalue weighted by Crippen LogP contribution is 2.45. The number of ether oxygens (including phenoxy) is 3. The van der Waals surface area contributed by atoms with Crippen LogP contribution in [-0.4, -0.2) is 75.1 Å². The SMILES string of the molecule is COc1ccc(/C(O)=C2\C(=O)C(=O)N(CCCN(C)C)[C@@H]2c2cccc(OC)c2OC)c(C)c1. The number of para-hydroxylation sites is 1. The number of hydrogen-bond acceptors (Lipinski definition) is 7. The molecule has 1 fully saturated rings. The molecule has 1 saturated heterocycles. The van der Waals surface area contributed by atoms with E-state index < -0.39 is 17.7 Å². The van der Waals surface area contributed by atoms with Crippen LogP contribution in [0.4, 0.5) is 0 Å². The average molecular weight is 469 g/mol. The van der Waals surface area contributed by atoms with Gasteiger partial charge in [-0.25, -0.2) is 0 Å². The molecule has 8 nitrogen and oxygen atoms in total. The van der Waals surface area contributed by atoms with E-state index in [9.17, 15) is 14.7 Å². The van der Waals surface area contributed by atoms with Gasteiger partial charge in [0, 0.05) is 17.7 Å². The van der Waals surface area contributed by atoms with Crippen molar-refractivity contribution in [1.82, 2.24) is 9.80 Å². The van der Waals surface area contributed by atoms with E-state index in [4.69, 9.17) is 14.2 Å². The normalized spacial score (nSPS) is 17.4. The number of carbonyl (C=O) groups excluding carboxylic acids is 2. The number of aryl methyl sites for hydroxylation is 1. The van der Waals surface area contributed by atoms with E-state index in [0.717, 1.165) is 6.54 Å². The summed E-state index contributed by atoms with van der Waals surface area (Å²) in [5.41, 5.74) is 1.76. The van der Waals surface area contributed by atoms with Crippen LogP contribution >= 0.6 is 0 Å². The summed E-state index contributed by atoms with van der Waals surface area (Å²) in [5.74, 6) is -0.104. The van der Waals surface area contributed by atoms with E-state index in [1.54, 1.807) is 43.5 Å². The van der Waals surface area contributed by atoms with Crippen molar-refractivity contribution >= 4 is 17.4 Å². The van der Waals surface area contributed by atoms with Crippen molar-refractivity contribution in [3.8, 4) is 17.2 Å². The van der Waals surface area contributed by atoms with Crippen LogP contribution in [0.15, 0.2) is 42.0 Å². The summed E-state index contributed by atoms with van der Waals surface area (Å²) in [6.07, 6.45) is 0.657. The number of amides is 1. The van der Waals surface area contributed by atoms with Crippen molar-refractivity contribution in [2.45, 2.75) is 19.4 Å². The van der Waals surface area contributed by atoms with Crippen LogP contribution in [0, 0.1) is 6.92 Å². The Balaban J connectivity index is 2.22. The lowest BCUT2D eigenvalue weighted by Crippen LogP contribution is -2.32. The lowest BCUT2D eigenvalue weighted by molar-refractivity contribution is -0.140. The first kappa shape index (κ1) is 25.1. The van der Waals surface area contributed by atoms with Gasteiger partial charge in [-0.05, 0) is 63.8 Å². The van der Waals surface area contributed by atoms with Crippen molar-refractivity contribution in [1.29, 1.82) is 0 Å². The Hall–Kier alpha value is -3.52. The van der Waals surface area contributed by atoms with Gasteiger partial charge in [-0.2, -0.15) is 0 Å². The van der Waals surface area contributed by atoms with Gasteiger partial charge in [0.15, 0.2) is 11.5 Å². The van der Waals surface area contributed by atoms with Crippen LogP contribution < -0.4 is 14.2 Å². The molecule has 1 N–H and O–H groups in total. The summed E-state index contributed by atoms with van der Waals surface area (Å²) in [6, 6.07) is 9.63. The molecule has 1 aliphatic rings. The second-order valence-electron chi connectivity index (χ2n) is 8.41. The number of methoxy groups -OCH3 is 3. The maximum absolute atomic E-state index is 13.3. The van der Waals surface area contributed by atoms with Gasteiger partial charge in [-0.15, -0.1) is 0 Å². The topological polar surface area (TPSA) is 88.5 Å². The first-order valence-corrected chi connectivity index (χ1v) is 11.0. The fourth-order valence-corrected chi connectivity index (χ4v) is 4.29.